The molecule has 13 rings (SSSR count). The van der Waals surface area contributed by atoms with Crippen LogP contribution in [0.2, 0.25) is 0 Å². The molecule has 3 heterocycles. The molecule has 0 aliphatic heterocycles. The predicted octanol–water partition coefficient (Wildman–Crippen LogP) is 17.5. The van der Waals surface area contributed by atoms with Crippen LogP contribution in [0.5, 0.6) is 0 Å². The molecule has 13 aromatic rings. The first-order valence-corrected chi connectivity index (χ1v) is 21.6. The van der Waals surface area contributed by atoms with E-state index in [0.29, 0.717) is 11.2 Å². The Morgan fingerprint density at radius 2 is 0.677 bits per heavy atom. The lowest BCUT2D eigenvalue weighted by Crippen LogP contribution is -2.11. The molecule has 0 radical (unpaired) electrons. The van der Waals surface area contributed by atoms with Gasteiger partial charge in [0, 0.05) is 66.6 Å². The molecule has 5 nitrogen and oxygen atoms in total. The molecule has 10 aromatic carbocycles. The standard InChI is InChI=1S/C58H36F2N2O3/c1-33-11-7-17-43-45-19-9-21-47(57(45)64-55(33)43)61(37-27-23-35(59)24-28-37)49-31-51-53(41-15-5-3-13-39(41)49)54-42-16-6-4-14-40(42)50(32-52(54)63-51)62(38-29-25-36(60)26-30-38)48-22-10-20-46-44-18-8-12-34(2)56(44)65-58(46)48/h3-32H,1-2H3. The summed E-state index contributed by atoms with van der Waals surface area (Å²) in [5.41, 5.74) is 11.4. The Bertz CT molecular complexity index is 3810. The zero-order valence-electron chi connectivity index (χ0n) is 35.2. The van der Waals surface area contributed by atoms with Gasteiger partial charge in [-0.25, -0.2) is 8.78 Å². The number of rotatable bonds is 6. The smallest absolute Gasteiger partial charge is 0.159 e. The van der Waals surface area contributed by atoms with Gasteiger partial charge in [0.15, 0.2) is 11.2 Å². The lowest BCUT2D eigenvalue weighted by molar-refractivity contribution is 0.627. The maximum atomic E-state index is 14.7. The van der Waals surface area contributed by atoms with E-state index in [4.69, 9.17) is 13.3 Å². The molecule has 0 saturated heterocycles. The van der Waals surface area contributed by atoms with Crippen molar-refractivity contribution in [1.82, 2.24) is 0 Å². The minimum absolute atomic E-state index is 0.326. The van der Waals surface area contributed by atoms with Crippen LogP contribution in [0.4, 0.5) is 42.9 Å². The third-order valence-corrected chi connectivity index (χ3v) is 13.0. The second-order valence-electron chi connectivity index (χ2n) is 16.8. The molecule has 65 heavy (non-hydrogen) atoms. The molecule has 0 atom stereocenters. The fourth-order valence-electron chi connectivity index (χ4n) is 10.1. The number of hydrogen-bond acceptors (Lipinski definition) is 5. The molecule has 0 amide bonds. The maximum absolute atomic E-state index is 14.7. The molecule has 0 aliphatic rings. The summed E-state index contributed by atoms with van der Waals surface area (Å²) in [6.07, 6.45) is 0. The first kappa shape index (κ1) is 37.2. The van der Waals surface area contributed by atoms with Crippen molar-refractivity contribution in [3.8, 4) is 0 Å². The maximum Gasteiger partial charge on any atom is 0.159 e. The molecule has 310 valence electrons. The lowest BCUT2D eigenvalue weighted by atomic mass is 9.96. The molecule has 0 N–H and O–H groups in total. The molecule has 3 aromatic heterocycles. The third-order valence-electron chi connectivity index (χ3n) is 13.0. The van der Waals surface area contributed by atoms with Crippen molar-refractivity contribution in [3.05, 3.63) is 205 Å². The summed E-state index contributed by atoms with van der Waals surface area (Å²) in [5.74, 6) is -0.652. The zero-order chi connectivity index (χ0) is 43.5. The highest BCUT2D eigenvalue weighted by Gasteiger charge is 2.27. The monoisotopic (exact) mass is 846 g/mol. The Morgan fingerprint density at radius 3 is 1.09 bits per heavy atom. The van der Waals surface area contributed by atoms with E-state index in [-0.39, 0.29) is 11.6 Å². The normalized spacial score (nSPS) is 12.0. The summed E-state index contributed by atoms with van der Waals surface area (Å²) in [7, 11) is 0. The predicted molar refractivity (Wildman–Crippen MR) is 262 cm³/mol. The molecule has 0 aliphatic carbocycles. The van der Waals surface area contributed by atoms with E-state index in [2.05, 4.69) is 121 Å². The number of nitrogens with zero attached hydrogens (tertiary/aromatic N) is 2. The number of benzene rings is 10. The Balaban J connectivity index is 1.11. The highest BCUT2D eigenvalue weighted by atomic mass is 19.1. The summed E-state index contributed by atoms with van der Waals surface area (Å²) in [4.78, 5) is 4.29. The van der Waals surface area contributed by atoms with Crippen molar-refractivity contribution < 1.29 is 22.0 Å². The van der Waals surface area contributed by atoms with Crippen molar-refractivity contribution in [2.75, 3.05) is 9.80 Å². The second kappa shape index (κ2) is 14.0. The molecular formula is C58H36F2N2O3. The Morgan fingerprint density at radius 1 is 0.323 bits per heavy atom. The van der Waals surface area contributed by atoms with Crippen molar-refractivity contribution >= 4 is 121 Å². The van der Waals surface area contributed by atoms with Crippen LogP contribution < -0.4 is 9.80 Å². The van der Waals surface area contributed by atoms with Crippen LogP contribution in [0.3, 0.4) is 0 Å². The fourth-order valence-corrected chi connectivity index (χ4v) is 10.1. The van der Waals surface area contributed by atoms with E-state index >= 15 is 0 Å². The van der Waals surface area contributed by atoms with Crippen LogP contribution in [0.15, 0.2) is 195 Å². The quantitative estimate of drug-likeness (QED) is 0.167. The number of aryl methyl sites for hydroxylation is 2. The van der Waals surface area contributed by atoms with Gasteiger partial charge in [-0.05, 0) is 96.4 Å². The van der Waals surface area contributed by atoms with Gasteiger partial charge in [0.2, 0.25) is 0 Å². The molecule has 0 fully saturated rings. The highest BCUT2D eigenvalue weighted by Crippen LogP contribution is 2.51. The molecule has 0 spiro atoms. The van der Waals surface area contributed by atoms with Gasteiger partial charge in [-0.1, -0.05) is 109 Å². The number of furan rings is 3. The third kappa shape index (κ3) is 5.55. The lowest BCUT2D eigenvalue weighted by Gasteiger charge is -2.27. The summed E-state index contributed by atoms with van der Waals surface area (Å²) in [6, 6.07) is 58.8. The van der Waals surface area contributed by atoms with E-state index in [1.54, 1.807) is 24.3 Å². The number of para-hydroxylation sites is 4. The highest BCUT2D eigenvalue weighted by molar-refractivity contribution is 6.30. The fraction of sp³-hybridized carbons (Fsp3) is 0.0345. The SMILES string of the molecule is Cc1cccc2c1oc1c(N(c3ccc(F)cc3)c3cc4oc5cc(N(c6ccc(F)cc6)c6cccc7c6oc6c(C)cccc67)c6ccccc6c5c4c4ccccc34)cccc12. The van der Waals surface area contributed by atoms with Crippen molar-refractivity contribution in [2.45, 2.75) is 13.8 Å². The summed E-state index contributed by atoms with van der Waals surface area (Å²) in [6.45, 7) is 4.11. The van der Waals surface area contributed by atoms with Gasteiger partial charge < -0.3 is 23.1 Å². The molecular weight excluding hydrogens is 811 g/mol. The van der Waals surface area contributed by atoms with E-state index in [0.717, 1.165) is 121 Å². The van der Waals surface area contributed by atoms with Gasteiger partial charge in [0.1, 0.15) is 34.0 Å². The Labute approximate surface area is 370 Å². The van der Waals surface area contributed by atoms with E-state index in [9.17, 15) is 8.78 Å². The summed E-state index contributed by atoms with van der Waals surface area (Å²) in [5, 5.41) is 9.92. The number of halogens is 2. The van der Waals surface area contributed by atoms with Crippen molar-refractivity contribution in [3.63, 3.8) is 0 Å². The molecule has 0 unspecified atom stereocenters. The second-order valence-corrected chi connectivity index (χ2v) is 16.8. The number of fused-ring (bicyclic) bond motifs is 13. The van der Waals surface area contributed by atoms with E-state index in [1.807, 2.05) is 36.4 Å². The topological polar surface area (TPSA) is 45.9 Å². The molecule has 7 heteroatoms. The van der Waals surface area contributed by atoms with Crippen molar-refractivity contribution in [2.24, 2.45) is 0 Å². The zero-order valence-corrected chi connectivity index (χ0v) is 35.2. The van der Waals surface area contributed by atoms with Gasteiger partial charge in [-0.15, -0.1) is 0 Å². The van der Waals surface area contributed by atoms with Crippen LogP contribution in [0.1, 0.15) is 11.1 Å². The molecule has 0 bridgehead atoms. The van der Waals surface area contributed by atoms with Crippen molar-refractivity contribution in [1.29, 1.82) is 0 Å². The van der Waals surface area contributed by atoms with Gasteiger partial charge in [-0.3, -0.25) is 0 Å². The summed E-state index contributed by atoms with van der Waals surface area (Å²) >= 11 is 0. The van der Waals surface area contributed by atoms with Gasteiger partial charge in [-0.2, -0.15) is 0 Å². The number of hydrogen-bond donors (Lipinski definition) is 0. The van der Waals surface area contributed by atoms with Crippen LogP contribution in [-0.4, -0.2) is 0 Å². The largest absolute Gasteiger partial charge is 0.456 e. The first-order chi connectivity index (χ1) is 31.9. The van der Waals surface area contributed by atoms with Crippen LogP contribution in [0.25, 0.3) is 87.4 Å². The Kier molecular flexibility index (Phi) is 8.03. The van der Waals surface area contributed by atoms with Gasteiger partial charge in [0.25, 0.3) is 0 Å². The van der Waals surface area contributed by atoms with Crippen LogP contribution >= 0.6 is 0 Å². The number of anilines is 6. The van der Waals surface area contributed by atoms with Crippen LogP contribution in [0, 0.1) is 25.5 Å². The summed E-state index contributed by atoms with van der Waals surface area (Å²) < 4.78 is 50.0. The van der Waals surface area contributed by atoms with Crippen LogP contribution in [-0.2, 0) is 0 Å². The minimum atomic E-state index is -0.326. The van der Waals surface area contributed by atoms with Gasteiger partial charge >= 0.3 is 0 Å². The first-order valence-electron chi connectivity index (χ1n) is 21.6. The Hall–Kier alpha value is -8.42. The van der Waals surface area contributed by atoms with Gasteiger partial charge in [0.05, 0.1) is 22.7 Å². The molecule has 0 saturated carbocycles. The average molecular weight is 847 g/mol. The minimum Gasteiger partial charge on any atom is -0.456 e. The van der Waals surface area contributed by atoms with E-state index < -0.39 is 0 Å². The average Bonchev–Trinajstić information content (AvgIpc) is 4.04. The van der Waals surface area contributed by atoms with E-state index in [1.165, 1.54) is 24.3 Å².